The van der Waals surface area contributed by atoms with E-state index in [1.807, 2.05) is 0 Å². The summed E-state index contributed by atoms with van der Waals surface area (Å²) in [5.41, 5.74) is 1.21. The monoisotopic (exact) mass is 1960 g/mol. The maximum absolute atomic E-state index is 13.7. The third kappa shape index (κ3) is 23.3. The second kappa shape index (κ2) is 45.0. The van der Waals surface area contributed by atoms with Gasteiger partial charge in [-0.25, -0.2) is 26.6 Å². The van der Waals surface area contributed by atoms with Crippen molar-refractivity contribution in [3.63, 3.8) is 0 Å². The number of ether oxygens (including phenoxy) is 16. The molecule has 720 valence electrons. The van der Waals surface area contributed by atoms with Crippen LogP contribution in [0.3, 0.4) is 0 Å². The van der Waals surface area contributed by atoms with Crippen LogP contribution in [0.25, 0.3) is 22.3 Å². The summed E-state index contributed by atoms with van der Waals surface area (Å²) in [5, 5.41) is 253. The van der Waals surface area contributed by atoms with Crippen LogP contribution in [0.1, 0.15) is 0 Å². The van der Waals surface area contributed by atoms with Crippen LogP contribution in [-0.2, 0) is 135 Å². The van der Waals surface area contributed by atoms with Gasteiger partial charge >= 0.3 is 79.4 Å². The van der Waals surface area contributed by atoms with E-state index in [4.69, 9.17) is 94.2 Å². The molecule has 0 amide bonds. The first-order valence-corrected chi connectivity index (χ1v) is 44.6. The third-order valence-corrected chi connectivity index (χ3v) is 26.5. The van der Waals surface area contributed by atoms with Gasteiger partial charge < -0.3 is 197 Å². The van der Waals surface area contributed by atoms with Gasteiger partial charge in [0.15, 0.2) is 50.3 Å². The van der Waals surface area contributed by atoms with Gasteiger partial charge in [-0.2, -0.15) is 16.8 Å². The Kier molecular flexibility index (Phi) is 37.2. The molecule has 0 spiro atoms. The zero-order valence-electron chi connectivity index (χ0n) is 67.7. The molecule has 0 radical (unpaired) electrons. The first-order chi connectivity index (χ1) is 60.5. The fraction of sp³-hybridized carbons (Fsp3) is 0.667. The summed E-state index contributed by atoms with van der Waals surface area (Å²) in [7, 11) is -19.8. The summed E-state index contributed by atoms with van der Waals surface area (Å²) in [6.07, 6.45) is -90.8. The van der Waals surface area contributed by atoms with Crippen molar-refractivity contribution in [2.45, 2.75) is 265 Å². The third-order valence-electron chi connectivity index (χ3n) is 22.5. The van der Waals surface area contributed by atoms with E-state index < -0.39 is 359 Å². The fourth-order valence-electron chi connectivity index (χ4n) is 15.5. The molecular weight excluding hydrogens is 1870 g/mol. The van der Waals surface area contributed by atoms with Gasteiger partial charge in [-0.3, -0.25) is 0 Å². The van der Waals surface area contributed by atoms with Gasteiger partial charge in [0.25, 0.3) is 0 Å². The summed E-state index contributed by atoms with van der Waals surface area (Å²) in [6, 6.07) is 18.0. The Hall–Kier alpha value is -3.08. The topological polar surface area (TPSA) is 812 Å². The van der Waals surface area contributed by atoms with Crippen LogP contribution < -0.4 is 59.1 Å². The Morgan fingerprint density at radius 3 is 0.523 bits per heavy atom. The van der Waals surface area contributed by atoms with Crippen molar-refractivity contribution in [3.05, 3.63) is 97.1 Å². The van der Waals surface area contributed by atoms with Gasteiger partial charge in [0.2, 0.25) is 0 Å². The summed E-state index contributed by atoms with van der Waals surface area (Å²) in [6.45, 7) is -9.93. The zero-order chi connectivity index (χ0) is 92.8. The van der Waals surface area contributed by atoms with Gasteiger partial charge in [-0.05, 0) is 70.8 Å². The molecule has 30 fully saturated rings. The zero-order valence-corrected chi connectivity index (χ0v) is 75.0. The second-order valence-corrected chi connectivity index (χ2v) is 36.5. The molecule has 34 rings (SSSR count). The molecule has 16 bridgehead atoms. The van der Waals surface area contributed by atoms with E-state index in [1.54, 1.807) is 0 Å². The Labute approximate surface area is 780 Å². The van der Waals surface area contributed by atoms with Crippen molar-refractivity contribution in [3.8, 4) is 22.3 Å². The molecule has 0 saturated carbocycles. The number of benzene rings is 4. The van der Waals surface area contributed by atoms with Crippen LogP contribution in [0.4, 0.5) is 0 Å². The summed E-state index contributed by atoms with van der Waals surface area (Å²) < 4.78 is 227. The molecule has 52 nitrogen and oxygen atoms in total. The van der Waals surface area contributed by atoms with E-state index in [9.17, 15) is 155 Å². The van der Waals surface area contributed by atoms with Crippen LogP contribution in [0, 0.1) is 0 Å². The summed E-state index contributed by atoms with van der Waals surface area (Å²) in [5.74, 6) is 0. The first kappa shape index (κ1) is 107. The molecule has 4 aromatic rings. The predicted molar refractivity (Wildman–Crippen MR) is 395 cm³/mol. The van der Waals surface area contributed by atoms with Gasteiger partial charge in [0.1, 0.15) is 229 Å². The van der Waals surface area contributed by atoms with E-state index in [0.717, 1.165) is 48.5 Å². The van der Waals surface area contributed by atoms with Crippen LogP contribution in [-0.4, -0.2) is 454 Å². The molecular formula is C72H94Na2O52S4. The van der Waals surface area contributed by atoms with Gasteiger partial charge in [0, 0.05) is 0 Å². The average molecular weight is 1970 g/mol. The molecule has 58 heteroatoms. The first-order valence-electron chi connectivity index (χ1n) is 39.0. The normalized spacial score (nSPS) is 41.5. The average Bonchev–Trinajstić information content (AvgIpc) is 0.636. The van der Waals surface area contributed by atoms with Crippen LogP contribution in [0.2, 0.25) is 0 Å². The maximum atomic E-state index is 13.7. The van der Waals surface area contributed by atoms with Gasteiger partial charge in [0.05, 0.1) is 59.2 Å². The summed E-state index contributed by atoms with van der Waals surface area (Å²) >= 11 is 0. The Balaban J connectivity index is 0.00000817. The van der Waals surface area contributed by atoms with Crippen LogP contribution in [0.5, 0.6) is 0 Å². The molecule has 30 heterocycles. The number of hydrogen-bond donors (Lipinski definition) is 22. The van der Waals surface area contributed by atoms with E-state index in [2.05, 4.69) is 0 Å². The standard InChI is InChI=1S/C72H96O52S4.2Na/c73-17-33-57-42(80)50(88)66(108-33)118-60-36(20-76)112-70(54(92)46(60)84)122-64-40(24-106-124-128(103,104)32-15-7-28(8-16-32)26-3-11-30(12-4-26)126(98,99)100)114-72(56(94)48(64)86)120-62-38(22-78)110-68(52(90)44(62)82)116-58-34(18-74)107-65(49(87)41(58)79)117-59-35(19-75)111-69(53(91)45(59)83)121-63-39(113-71(55(93)47(63)85)119-61-37(21-77)109-67(115-57)51(89)43(61)81)23-105-123-127(101,102)31-13-5-27(6-14-31)25-1-9-29(10-2-25)125(95,96)97;;/h1-16,33-94H,17-24H2,(H,95,96,97)(H,98,99,100);;/q;2*+1/p-2/t33-,34-,35-,36-,37-,38-,39-,40-,41-,42-,43-,44-,45-,46-,47-,48-,49-,50-,51-,52-,53-,54-,55-,56-,57-,58-,59-,60-,61-,62-,63-,64-,65-,66-,67-,68-,69-,70-,71-,72-;;/m1../s1. The molecule has 22 N–H and O–H groups in total. The van der Waals surface area contributed by atoms with Crippen molar-refractivity contribution >= 4 is 40.5 Å². The van der Waals surface area contributed by atoms with Gasteiger partial charge in [-0.1, -0.05) is 48.5 Å². The minimum absolute atomic E-state index is 0. The van der Waals surface area contributed by atoms with Crippen LogP contribution in [0.15, 0.2) is 117 Å². The van der Waals surface area contributed by atoms with E-state index in [0.29, 0.717) is 22.3 Å². The Morgan fingerprint density at radius 2 is 0.369 bits per heavy atom. The fourth-order valence-corrected chi connectivity index (χ4v) is 17.9. The number of aliphatic hydroxyl groups excluding tert-OH is 22. The van der Waals surface area contributed by atoms with Crippen molar-refractivity contribution < 1.29 is 308 Å². The Morgan fingerprint density at radius 1 is 0.223 bits per heavy atom. The molecule has 40 atom stereocenters. The maximum Gasteiger partial charge on any atom is 1.00 e. The van der Waals surface area contributed by atoms with Gasteiger partial charge in [-0.15, -0.1) is 8.67 Å². The van der Waals surface area contributed by atoms with E-state index in [1.165, 1.54) is 48.5 Å². The van der Waals surface area contributed by atoms with E-state index >= 15 is 0 Å². The smallest absolute Gasteiger partial charge is 0.744 e. The van der Waals surface area contributed by atoms with Crippen molar-refractivity contribution in [1.29, 1.82) is 0 Å². The predicted octanol–water partition coefficient (Wildman–Crippen LogP) is -19.6. The Bertz CT molecular complexity index is 4450. The molecule has 0 aromatic heterocycles. The van der Waals surface area contributed by atoms with Crippen molar-refractivity contribution in [2.24, 2.45) is 0 Å². The number of aliphatic hydroxyl groups is 22. The van der Waals surface area contributed by atoms with Crippen molar-refractivity contribution in [2.75, 3.05) is 52.9 Å². The largest absolute Gasteiger partial charge is 1.00 e. The molecule has 4 aromatic carbocycles. The van der Waals surface area contributed by atoms with Crippen molar-refractivity contribution in [1.82, 2.24) is 0 Å². The van der Waals surface area contributed by atoms with Crippen LogP contribution >= 0.6 is 0 Å². The second-order valence-electron chi connectivity index (χ2n) is 30.7. The molecule has 30 saturated heterocycles. The quantitative estimate of drug-likeness (QED) is 0.0169. The van der Waals surface area contributed by atoms with E-state index in [-0.39, 0.29) is 59.1 Å². The molecule has 130 heavy (non-hydrogen) atoms. The molecule has 0 aliphatic carbocycles. The SMILES string of the molecule is O=S(=O)([O-])c1ccc(-c2ccc(S(=O)(=O)OOC[C@H]3O[C@@H]4O[C@H]5[C@H](O)[C@@H](O)[C@@H](O[C@H]6[C@H](O)[C@@H](O)[C@@H](O[C@H]7[C@H](O)[C@@H](O)[C@@H](O[C@H]8[C@H](O)[C@@H](O)[C@@H](O[C@H]9[C@H](O)[C@@H](O)[C@@H](O[C@H]%10[C@H](O)[C@@H](O)[C@@H](O[C@H]%11[C@H](O)[C@@H](O)[C@@H](O[C@H]3[C@H](O)[C@H]4O)O[C@@H]%11CO)O[C@@H]%10CO)O[C@@H]9CO)O[C@@H]8COOS(=O)(=O)c3ccc(-c4ccc(S(=O)(=O)[O-])cc4)cc3)O[C@@H]7CO)O[C@@H]6CO)O[C@@H]5CO)cc2)cc1.[Na+].[Na+]. The number of rotatable bonds is 20. The number of hydrogen-bond acceptors (Lipinski definition) is 52. The molecule has 0 unspecified atom stereocenters. The molecule has 30 aliphatic rings. The minimum Gasteiger partial charge on any atom is -0.744 e. The molecule has 30 aliphatic heterocycles. The minimum atomic E-state index is -5.04. The summed E-state index contributed by atoms with van der Waals surface area (Å²) in [4.78, 5) is 7.92.